The molecule has 0 N–H and O–H groups in total. The molecule has 1 aromatic carbocycles. The van der Waals surface area contributed by atoms with Gasteiger partial charge in [0.15, 0.2) is 0 Å². The minimum absolute atomic E-state index is 0.229. The molecule has 5 heteroatoms. The molecule has 0 bridgehead atoms. The second-order valence-corrected chi connectivity index (χ2v) is 5.87. The predicted molar refractivity (Wildman–Crippen MR) is 75.2 cm³/mol. The minimum Gasteiger partial charge on any atom is -0.294 e. The van der Waals surface area contributed by atoms with Crippen molar-refractivity contribution in [2.45, 2.75) is 19.5 Å². The van der Waals surface area contributed by atoms with E-state index in [1.54, 1.807) is 6.07 Å². The largest absolute Gasteiger partial charge is 0.324 e. The Bertz CT molecular complexity index is 609. The van der Waals surface area contributed by atoms with Crippen LogP contribution in [0.1, 0.15) is 16.0 Å². The molecule has 1 aliphatic heterocycles. The van der Waals surface area contributed by atoms with Crippen LogP contribution in [-0.4, -0.2) is 16.4 Å². The third kappa shape index (κ3) is 2.67. The first-order chi connectivity index (χ1) is 9.22. The number of benzene rings is 1. The number of hydrogen-bond acceptors (Lipinski definition) is 4. The van der Waals surface area contributed by atoms with E-state index < -0.39 is 0 Å². The Hall–Kier alpha value is -1.72. The summed E-state index contributed by atoms with van der Waals surface area (Å²) < 4.78 is 0. The Morgan fingerprint density at radius 3 is 2.74 bits per heavy atom. The summed E-state index contributed by atoms with van der Waals surface area (Å²) in [5.41, 5.74) is 2.80. The maximum absolute atomic E-state index is 10.7. The zero-order chi connectivity index (χ0) is 13.2. The summed E-state index contributed by atoms with van der Waals surface area (Å²) in [6.45, 7) is 2.75. The van der Waals surface area contributed by atoms with Crippen LogP contribution in [0.2, 0.25) is 0 Å². The Morgan fingerprint density at radius 2 is 2.00 bits per heavy atom. The van der Waals surface area contributed by atoms with E-state index in [2.05, 4.69) is 29.2 Å². The summed E-state index contributed by atoms with van der Waals surface area (Å²) in [7, 11) is 0. The van der Waals surface area contributed by atoms with Crippen molar-refractivity contribution in [3.63, 3.8) is 0 Å². The molecule has 0 fully saturated rings. The van der Waals surface area contributed by atoms with Gasteiger partial charge in [-0.05, 0) is 23.6 Å². The first kappa shape index (κ1) is 12.3. The van der Waals surface area contributed by atoms with Gasteiger partial charge >= 0.3 is 5.00 Å². The summed E-state index contributed by atoms with van der Waals surface area (Å²) in [6.07, 6.45) is 1.06. The Balaban J connectivity index is 1.70. The fraction of sp³-hybridized carbons (Fsp3) is 0.286. The van der Waals surface area contributed by atoms with Crippen LogP contribution in [0.15, 0.2) is 36.4 Å². The van der Waals surface area contributed by atoms with Gasteiger partial charge in [-0.15, -0.1) is 0 Å². The zero-order valence-corrected chi connectivity index (χ0v) is 11.2. The fourth-order valence-corrected chi connectivity index (χ4v) is 3.32. The van der Waals surface area contributed by atoms with Crippen molar-refractivity contribution in [3.8, 4) is 0 Å². The molecule has 19 heavy (non-hydrogen) atoms. The predicted octanol–water partition coefficient (Wildman–Crippen LogP) is 3.21. The van der Waals surface area contributed by atoms with Crippen molar-refractivity contribution >= 4 is 16.3 Å². The lowest BCUT2D eigenvalue weighted by Gasteiger charge is -2.28. The van der Waals surface area contributed by atoms with Gasteiger partial charge in [0.1, 0.15) is 0 Å². The van der Waals surface area contributed by atoms with Crippen molar-refractivity contribution in [2.75, 3.05) is 6.54 Å². The van der Waals surface area contributed by atoms with Gasteiger partial charge in [0.25, 0.3) is 0 Å². The van der Waals surface area contributed by atoms with Crippen LogP contribution >= 0.6 is 11.3 Å². The van der Waals surface area contributed by atoms with E-state index in [4.69, 9.17) is 0 Å². The molecule has 0 saturated carbocycles. The quantitative estimate of drug-likeness (QED) is 0.637. The second kappa shape index (κ2) is 5.11. The molecule has 0 saturated heterocycles. The molecule has 98 valence electrons. The highest BCUT2D eigenvalue weighted by molar-refractivity contribution is 7.15. The van der Waals surface area contributed by atoms with E-state index in [-0.39, 0.29) is 9.92 Å². The summed E-state index contributed by atoms with van der Waals surface area (Å²) >= 11 is 1.28. The molecule has 3 rings (SSSR count). The van der Waals surface area contributed by atoms with Crippen LogP contribution in [0.4, 0.5) is 5.00 Å². The molecule has 0 amide bonds. The molecule has 1 aliphatic rings. The maximum atomic E-state index is 10.7. The second-order valence-electron chi connectivity index (χ2n) is 4.73. The zero-order valence-electron chi connectivity index (χ0n) is 10.4. The van der Waals surface area contributed by atoms with Crippen LogP contribution in [0.3, 0.4) is 0 Å². The van der Waals surface area contributed by atoms with Gasteiger partial charge in [-0.1, -0.05) is 35.6 Å². The van der Waals surface area contributed by atoms with E-state index in [1.165, 1.54) is 22.5 Å². The molecule has 4 nitrogen and oxygen atoms in total. The molecule has 0 spiro atoms. The number of nitro groups is 1. The number of fused-ring (bicyclic) bond motifs is 1. The molecule has 0 aliphatic carbocycles. The van der Waals surface area contributed by atoms with Crippen LogP contribution in [0.25, 0.3) is 0 Å². The highest BCUT2D eigenvalue weighted by Crippen LogP contribution is 2.27. The summed E-state index contributed by atoms with van der Waals surface area (Å²) in [5.74, 6) is 0. The molecule has 0 radical (unpaired) electrons. The highest BCUT2D eigenvalue weighted by atomic mass is 32.1. The molecular weight excluding hydrogens is 260 g/mol. The van der Waals surface area contributed by atoms with E-state index in [0.29, 0.717) is 0 Å². The summed E-state index contributed by atoms with van der Waals surface area (Å²) in [5, 5.41) is 10.9. The first-order valence-electron chi connectivity index (χ1n) is 6.24. The Labute approximate surface area is 115 Å². The van der Waals surface area contributed by atoms with E-state index in [9.17, 15) is 10.1 Å². The monoisotopic (exact) mass is 274 g/mol. The molecule has 1 aromatic heterocycles. The standard InChI is InChI=1S/C14H14N2O2S/c17-16(18)14-6-5-13(19-14)10-15-8-7-11-3-1-2-4-12(11)9-15/h1-6H,7-10H2. The summed E-state index contributed by atoms with van der Waals surface area (Å²) in [6, 6.07) is 12.0. The molecular formula is C14H14N2O2S. The molecule has 0 unspecified atom stereocenters. The van der Waals surface area contributed by atoms with Crippen molar-refractivity contribution in [3.05, 3.63) is 62.5 Å². The molecule has 2 aromatic rings. The average Bonchev–Trinajstić information content (AvgIpc) is 2.87. The van der Waals surface area contributed by atoms with Crippen LogP contribution in [0.5, 0.6) is 0 Å². The van der Waals surface area contributed by atoms with Gasteiger partial charge in [-0.3, -0.25) is 15.0 Å². The molecule has 2 heterocycles. The SMILES string of the molecule is O=[N+]([O-])c1ccc(CN2CCc3ccccc3C2)s1. The van der Waals surface area contributed by atoms with Gasteiger partial charge in [-0.25, -0.2) is 0 Å². The van der Waals surface area contributed by atoms with Crippen molar-refractivity contribution in [2.24, 2.45) is 0 Å². The number of rotatable bonds is 3. The topological polar surface area (TPSA) is 46.4 Å². The van der Waals surface area contributed by atoms with Gasteiger partial charge in [0.2, 0.25) is 0 Å². The Morgan fingerprint density at radius 1 is 1.21 bits per heavy atom. The summed E-state index contributed by atoms with van der Waals surface area (Å²) in [4.78, 5) is 13.8. The maximum Gasteiger partial charge on any atom is 0.324 e. The van der Waals surface area contributed by atoms with E-state index in [0.717, 1.165) is 30.9 Å². The normalized spacial score (nSPS) is 15.2. The van der Waals surface area contributed by atoms with Gasteiger partial charge in [0.05, 0.1) is 4.92 Å². The van der Waals surface area contributed by atoms with Gasteiger partial charge in [-0.2, -0.15) is 0 Å². The highest BCUT2D eigenvalue weighted by Gasteiger charge is 2.17. The average molecular weight is 274 g/mol. The Kier molecular flexibility index (Phi) is 3.31. The smallest absolute Gasteiger partial charge is 0.294 e. The van der Waals surface area contributed by atoms with E-state index in [1.807, 2.05) is 6.07 Å². The number of thiophene rings is 1. The van der Waals surface area contributed by atoms with Crippen LogP contribution in [-0.2, 0) is 19.5 Å². The molecule has 0 atom stereocenters. The van der Waals surface area contributed by atoms with Gasteiger partial charge in [0, 0.05) is 30.6 Å². The fourth-order valence-electron chi connectivity index (χ4n) is 2.46. The lowest BCUT2D eigenvalue weighted by molar-refractivity contribution is -0.380. The van der Waals surface area contributed by atoms with Crippen LogP contribution in [0, 0.1) is 10.1 Å². The van der Waals surface area contributed by atoms with Gasteiger partial charge < -0.3 is 0 Å². The van der Waals surface area contributed by atoms with Crippen molar-refractivity contribution in [1.29, 1.82) is 0 Å². The lowest BCUT2D eigenvalue weighted by atomic mass is 10.00. The van der Waals surface area contributed by atoms with Crippen molar-refractivity contribution in [1.82, 2.24) is 4.90 Å². The number of nitrogens with zero attached hydrogens (tertiary/aromatic N) is 2. The van der Waals surface area contributed by atoms with E-state index >= 15 is 0 Å². The third-order valence-corrected chi connectivity index (χ3v) is 4.44. The first-order valence-corrected chi connectivity index (χ1v) is 7.06. The number of hydrogen-bond donors (Lipinski definition) is 0. The minimum atomic E-state index is -0.320. The van der Waals surface area contributed by atoms with Crippen molar-refractivity contribution < 1.29 is 4.92 Å². The van der Waals surface area contributed by atoms with Crippen LogP contribution < -0.4 is 0 Å². The third-order valence-electron chi connectivity index (χ3n) is 3.42. The lowest BCUT2D eigenvalue weighted by Crippen LogP contribution is -2.29.